The molecular formula is C38H49N3O8. The lowest BCUT2D eigenvalue weighted by atomic mass is 9.43. The number of methoxy groups -OCH3 is 2. The van der Waals surface area contributed by atoms with Gasteiger partial charge in [0.25, 0.3) is 11.8 Å². The Kier molecular flexibility index (Phi) is 10.1. The molecular weight excluding hydrogens is 626 g/mol. The monoisotopic (exact) mass is 675 g/mol. The second-order valence-electron chi connectivity index (χ2n) is 14.7. The highest BCUT2D eigenvalue weighted by molar-refractivity contribution is 6.04. The van der Waals surface area contributed by atoms with E-state index in [9.17, 15) is 24.0 Å². The first-order valence-electron chi connectivity index (χ1n) is 17.2. The van der Waals surface area contributed by atoms with Crippen LogP contribution in [0.3, 0.4) is 0 Å². The normalized spacial score (nSPS) is 32.1. The molecule has 2 aromatic carbocycles. The average Bonchev–Trinajstić information content (AvgIpc) is 3.45. The van der Waals surface area contributed by atoms with Crippen LogP contribution in [0, 0.1) is 34.0 Å². The van der Waals surface area contributed by atoms with E-state index in [1.165, 1.54) is 14.2 Å². The number of carbonyl (C=O) groups excluding carboxylic acids is 5. The molecule has 0 aliphatic heterocycles. The third kappa shape index (κ3) is 6.51. The van der Waals surface area contributed by atoms with Crippen LogP contribution < -0.4 is 25.4 Å². The number of imide groups is 2. The van der Waals surface area contributed by atoms with Crippen molar-refractivity contribution in [3.63, 3.8) is 0 Å². The van der Waals surface area contributed by atoms with Gasteiger partial charge in [-0.05, 0) is 92.0 Å². The van der Waals surface area contributed by atoms with Crippen molar-refractivity contribution in [1.29, 1.82) is 0 Å². The van der Waals surface area contributed by atoms with Crippen molar-refractivity contribution in [2.75, 3.05) is 14.2 Å². The quantitative estimate of drug-likeness (QED) is 0.310. The van der Waals surface area contributed by atoms with Gasteiger partial charge < -0.3 is 19.5 Å². The number of hydrogen-bond donors (Lipinski definition) is 3. The van der Waals surface area contributed by atoms with E-state index in [0.29, 0.717) is 42.7 Å². The fourth-order valence-electron chi connectivity index (χ4n) is 9.21. The van der Waals surface area contributed by atoms with Gasteiger partial charge in [0, 0.05) is 46.3 Å². The minimum Gasteiger partial charge on any atom is -0.497 e. The number of urea groups is 1. The van der Waals surface area contributed by atoms with Gasteiger partial charge in [0.1, 0.15) is 23.4 Å². The third-order valence-electron chi connectivity index (χ3n) is 12.4. The summed E-state index contributed by atoms with van der Waals surface area (Å²) in [5.41, 5.74) is -1.20. The summed E-state index contributed by atoms with van der Waals surface area (Å²) >= 11 is 0. The van der Waals surface area contributed by atoms with Crippen LogP contribution in [0.1, 0.15) is 93.9 Å². The van der Waals surface area contributed by atoms with Crippen molar-refractivity contribution in [2.24, 2.45) is 34.0 Å². The average molecular weight is 676 g/mol. The Balaban J connectivity index is 1.46. The van der Waals surface area contributed by atoms with Gasteiger partial charge in [-0.25, -0.2) is 9.59 Å². The number of amides is 5. The number of benzene rings is 2. The van der Waals surface area contributed by atoms with Crippen molar-refractivity contribution in [3.8, 4) is 11.5 Å². The van der Waals surface area contributed by atoms with Crippen LogP contribution in [-0.4, -0.2) is 56.1 Å². The summed E-state index contributed by atoms with van der Waals surface area (Å²) in [6, 6.07) is 11.7. The molecule has 0 aromatic heterocycles. The lowest BCUT2D eigenvalue weighted by molar-refractivity contribution is -0.172. The van der Waals surface area contributed by atoms with Gasteiger partial charge in [-0.15, -0.1) is 0 Å². The molecule has 5 amide bonds. The molecule has 0 unspecified atom stereocenters. The standard InChI is InChI=1S/C38H49N3O8/c1-8-36(4)21-29(39-34(45)40-32(43)24-9-13-26(47-6)14-10-24)37(5)22(2)17-19-38(20-18-28(42)30(37)38)23(3)31(36)49-35(46)41-33(44)25-11-15-27(48-7)16-12-25/h9-16,22-23,29-31H,8,17-21H2,1-7H3,(H,41,44,46)(H2,39,40,43,45)/t22-,23+,29-,30+,31+,36-,37+,38+/m1/s1. The molecule has 11 heteroatoms. The van der Waals surface area contributed by atoms with E-state index in [-0.39, 0.29) is 23.2 Å². The molecule has 2 bridgehead atoms. The summed E-state index contributed by atoms with van der Waals surface area (Å²) in [5.74, 6) is -0.364. The molecule has 3 fully saturated rings. The van der Waals surface area contributed by atoms with Crippen LogP contribution in [0.15, 0.2) is 48.5 Å². The van der Waals surface area contributed by atoms with Crippen molar-refractivity contribution in [1.82, 2.24) is 16.0 Å². The molecule has 0 radical (unpaired) electrons. The van der Waals surface area contributed by atoms with Crippen LogP contribution in [0.4, 0.5) is 9.59 Å². The zero-order chi connectivity index (χ0) is 35.7. The van der Waals surface area contributed by atoms with Crippen LogP contribution >= 0.6 is 0 Å². The summed E-state index contributed by atoms with van der Waals surface area (Å²) in [7, 11) is 3.06. The van der Waals surface area contributed by atoms with Crippen molar-refractivity contribution in [3.05, 3.63) is 59.7 Å². The Morgan fingerprint density at radius 1 is 0.837 bits per heavy atom. The minimum atomic E-state index is -0.866. The van der Waals surface area contributed by atoms with Gasteiger partial charge in [0.15, 0.2) is 0 Å². The lowest BCUT2D eigenvalue weighted by Gasteiger charge is -2.63. The Morgan fingerprint density at radius 3 is 1.92 bits per heavy atom. The number of carbonyl (C=O) groups is 5. The maximum absolute atomic E-state index is 14.0. The van der Waals surface area contributed by atoms with Crippen molar-refractivity contribution >= 4 is 29.7 Å². The Hall–Kier alpha value is -4.41. The van der Waals surface area contributed by atoms with E-state index in [0.717, 1.165) is 12.8 Å². The predicted molar refractivity (Wildman–Crippen MR) is 182 cm³/mol. The molecule has 0 spiro atoms. The minimum absolute atomic E-state index is 0.0893. The van der Waals surface area contributed by atoms with Crippen LogP contribution in [0.5, 0.6) is 11.5 Å². The second kappa shape index (κ2) is 13.8. The molecule has 264 valence electrons. The molecule has 8 atom stereocenters. The molecule has 11 nitrogen and oxygen atoms in total. The number of hydrogen-bond acceptors (Lipinski definition) is 8. The Labute approximate surface area is 288 Å². The van der Waals surface area contributed by atoms with E-state index in [1.54, 1.807) is 48.5 Å². The molecule has 3 aliphatic carbocycles. The van der Waals surface area contributed by atoms with Gasteiger partial charge in [0.2, 0.25) is 0 Å². The van der Waals surface area contributed by atoms with E-state index in [2.05, 4.69) is 36.7 Å². The van der Waals surface area contributed by atoms with Gasteiger partial charge in [-0.1, -0.05) is 34.6 Å². The zero-order valence-corrected chi connectivity index (χ0v) is 29.5. The highest BCUT2D eigenvalue weighted by Gasteiger charge is 2.68. The number of nitrogens with one attached hydrogen (secondary N) is 3. The summed E-state index contributed by atoms with van der Waals surface area (Å²) in [6.45, 7) is 10.4. The van der Waals surface area contributed by atoms with E-state index in [1.807, 2.05) is 13.8 Å². The second-order valence-corrected chi connectivity index (χ2v) is 14.7. The van der Waals surface area contributed by atoms with Gasteiger partial charge in [-0.3, -0.25) is 25.0 Å². The van der Waals surface area contributed by atoms with Gasteiger partial charge in [0.05, 0.1) is 14.2 Å². The molecule has 3 saturated carbocycles. The third-order valence-corrected chi connectivity index (χ3v) is 12.4. The first-order valence-corrected chi connectivity index (χ1v) is 17.2. The largest absolute Gasteiger partial charge is 0.497 e. The number of Topliss-reactive ketones (excluding diaryl/α,β-unsaturated/α-hetero) is 1. The van der Waals surface area contributed by atoms with Crippen LogP contribution in [0.2, 0.25) is 0 Å². The summed E-state index contributed by atoms with van der Waals surface area (Å²) in [5, 5.41) is 8.01. The molecule has 0 heterocycles. The number of rotatable bonds is 7. The van der Waals surface area contributed by atoms with Gasteiger partial charge >= 0.3 is 12.1 Å². The Bertz CT molecular complexity index is 1590. The molecule has 49 heavy (non-hydrogen) atoms. The number of ketones is 1. The van der Waals surface area contributed by atoms with Crippen LogP contribution in [-0.2, 0) is 9.53 Å². The molecule has 2 aromatic rings. The first kappa shape index (κ1) is 35.9. The van der Waals surface area contributed by atoms with Gasteiger partial charge in [-0.2, -0.15) is 0 Å². The summed E-state index contributed by atoms with van der Waals surface area (Å²) in [4.78, 5) is 67.2. The maximum atomic E-state index is 14.0. The Morgan fingerprint density at radius 2 is 1.39 bits per heavy atom. The maximum Gasteiger partial charge on any atom is 0.414 e. The molecule has 3 N–H and O–H groups in total. The van der Waals surface area contributed by atoms with E-state index >= 15 is 0 Å². The predicted octanol–water partition coefficient (Wildman–Crippen LogP) is 6.30. The SMILES string of the molecule is CC[C@]1(C)C[C@@H](NC(=O)NC(=O)c2ccc(OC)cc2)[C@]2(C)[C@H](C)CC[C@]3(CCC(=O)[C@H]32)[C@@H](C)[C@@H]1OC(=O)NC(=O)c1ccc(OC)cc1. The smallest absolute Gasteiger partial charge is 0.414 e. The molecule has 5 rings (SSSR count). The fourth-order valence-corrected chi connectivity index (χ4v) is 9.21. The van der Waals surface area contributed by atoms with E-state index < -0.39 is 58.2 Å². The molecule has 0 saturated heterocycles. The first-order chi connectivity index (χ1) is 23.2. The van der Waals surface area contributed by atoms with Crippen molar-refractivity contribution in [2.45, 2.75) is 85.3 Å². The fraction of sp³-hybridized carbons (Fsp3) is 0.553. The highest BCUT2D eigenvalue weighted by Crippen LogP contribution is 2.68. The van der Waals surface area contributed by atoms with E-state index in [4.69, 9.17) is 14.2 Å². The topological polar surface area (TPSA) is 149 Å². The summed E-state index contributed by atoms with van der Waals surface area (Å²) in [6.07, 6.45) is 2.09. The molecule has 3 aliphatic rings. The van der Waals surface area contributed by atoms with Crippen molar-refractivity contribution < 1.29 is 38.2 Å². The lowest BCUT2D eigenvalue weighted by Crippen LogP contribution is -2.67. The summed E-state index contributed by atoms with van der Waals surface area (Å²) < 4.78 is 16.6. The highest BCUT2D eigenvalue weighted by atomic mass is 16.6. The number of alkyl carbamates (subject to hydrolysis) is 1. The number of ether oxygens (including phenoxy) is 3. The van der Waals surface area contributed by atoms with Crippen LogP contribution in [0.25, 0.3) is 0 Å². The zero-order valence-electron chi connectivity index (χ0n) is 29.5.